The van der Waals surface area contributed by atoms with E-state index < -0.39 is 11.4 Å². The molecule has 0 amide bonds. The summed E-state index contributed by atoms with van der Waals surface area (Å²) in [6.07, 6.45) is 2.17. The summed E-state index contributed by atoms with van der Waals surface area (Å²) in [5.41, 5.74) is 1.36. The molecule has 1 saturated carbocycles. The summed E-state index contributed by atoms with van der Waals surface area (Å²) in [7, 11) is 0. The summed E-state index contributed by atoms with van der Waals surface area (Å²) in [5.74, 6) is -0.180. The molecule has 1 aliphatic carbocycles. The molecule has 1 fully saturated rings. The Balaban J connectivity index is 2.13. The molecule has 25 heavy (non-hydrogen) atoms. The fourth-order valence-corrected chi connectivity index (χ4v) is 3.59. The van der Waals surface area contributed by atoms with Crippen molar-refractivity contribution < 1.29 is 9.18 Å². The third-order valence-electron chi connectivity index (χ3n) is 4.95. The summed E-state index contributed by atoms with van der Waals surface area (Å²) in [5, 5.41) is 14.3. The Morgan fingerprint density at radius 3 is 2.56 bits per heavy atom. The predicted octanol–water partition coefficient (Wildman–Crippen LogP) is 4.83. The first-order valence-electron chi connectivity index (χ1n) is 8.43. The molecule has 0 radical (unpaired) electrons. The molecule has 1 aliphatic rings. The van der Waals surface area contributed by atoms with Gasteiger partial charge in [0.05, 0.1) is 16.8 Å². The average Bonchev–Trinajstić information content (AvgIpc) is 3.01. The van der Waals surface area contributed by atoms with Crippen LogP contribution in [0.5, 0.6) is 0 Å². The number of carbonyl (C=O) groups is 1. The number of carbonyl (C=O) groups excluding carboxylic acids is 1. The van der Waals surface area contributed by atoms with E-state index in [2.05, 4.69) is 25.0 Å². The Bertz CT molecular complexity index is 856. The lowest BCUT2D eigenvalue weighted by molar-refractivity contribution is -0.129. The zero-order chi connectivity index (χ0) is 18.2. The highest BCUT2D eigenvalue weighted by Crippen LogP contribution is 2.40. The molecule has 0 saturated heterocycles. The molecule has 6 heteroatoms. The van der Waals surface area contributed by atoms with Crippen LogP contribution in [-0.2, 0) is 10.3 Å². The lowest BCUT2D eigenvalue weighted by atomic mass is 9.76. The van der Waals surface area contributed by atoms with Crippen molar-refractivity contribution in [1.82, 2.24) is 9.78 Å². The maximum Gasteiger partial charge on any atom is 0.162 e. The minimum absolute atomic E-state index is 0.0324. The van der Waals surface area contributed by atoms with Gasteiger partial charge in [0.25, 0.3) is 0 Å². The van der Waals surface area contributed by atoms with Crippen molar-refractivity contribution >= 4 is 17.4 Å². The third kappa shape index (κ3) is 2.96. The van der Waals surface area contributed by atoms with E-state index in [4.69, 9.17) is 11.6 Å². The Hall–Kier alpha value is -2.19. The minimum atomic E-state index is -0.906. The lowest BCUT2D eigenvalue weighted by Crippen LogP contribution is -2.47. The van der Waals surface area contributed by atoms with Crippen LogP contribution in [0.15, 0.2) is 24.3 Å². The quantitative estimate of drug-likeness (QED) is 0.768. The number of hydrogen-bond donors (Lipinski definition) is 0. The summed E-state index contributed by atoms with van der Waals surface area (Å²) in [6, 6.07) is 8.68. The van der Waals surface area contributed by atoms with E-state index in [9.17, 15) is 14.4 Å². The largest absolute Gasteiger partial charge is 0.299 e. The van der Waals surface area contributed by atoms with Gasteiger partial charge in [-0.3, -0.25) is 4.79 Å². The first-order chi connectivity index (χ1) is 11.9. The summed E-state index contributed by atoms with van der Waals surface area (Å²) in [6.45, 7) is 4.18. The molecule has 0 bridgehead atoms. The number of aromatic nitrogens is 2. The maximum atomic E-state index is 13.4. The molecule has 0 atom stereocenters. The van der Waals surface area contributed by atoms with Gasteiger partial charge in [0, 0.05) is 30.0 Å². The first kappa shape index (κ1) is 17.6. The number of nitrogens with zero attached hydrogens (tertiary/aromatic N) is 3. The van der Waals surface area contributed by atoms with E-state index >= 15 is 0 Å². The van der Waals surface area contributed by atoms with Crippen LogP contribution in [0, 0.1) is 17.1 Å². The number of ketones is 1. The Labute approximate surface area is 151 Å². The zero-order valence-electron chi connectivity index (χ0n) is 14.2. The van der Waals surface area contributed by atoms with Crippen molar-refractivity contribution in [2.45, 2.75) is 51.0 Å². The minimum Gasteiger partial charge on any atom is -0.299 e. The van der Waals surface area contributed by atoms with Crippen molar-refractivity contribution in [2.75, 3.05) is 0 Å². The molecule has 0 unspecified atom stereocenters. The van der Waals surface area contributed by atoms with E-state index in [-0.39, 0.29) is 29.6 Å². The monoisotopic (exact) mass is 359 g/mol. The molecule has 4 nitrogen and oxygen atoms in total. The van der Waals surface area contributed by atoms with Gasteiger partial charge in [0.1, 0.15) is 11.6 Å². The Kier molecular flexibility index (Phi) is 4.66. The number of nitriles is 1. The van der Waals surface area contributed by atoms with E-state index in [1.54, 1.807) is 10.7 Å². The van der Waals surface area contributed by atoms with Gasteiger partial charge < -0.3 is 0 Å². The average molecular weight is 360 g/mol. The summed E-state index contributed by atoms with van der Waals surface area (Å²) >= 11 is 5.90. The Morgan fingerprint density at radius 2 is 2.04 bits per heavy atom. The molecule has 3 rings (SSSR count). The van der Waals surface area contributed by atoms with Gasteiger partial charge in [-0.1, -0.05) is 25.4 Å². The van der Waals surface area contributed by atoms with Crippen LogP contribution < -0.4 is 0 Å². The molecule has 0 aliphatic heterocycles. The fraction of sp³-hybridized carbons (Fsp3) is 0.421. The molecule has 1 aromatic heterocycles. The topological polar surface area (TPSA) is 58.7 Å². The fourth-order valence-electron chi connectivity index (χ4n) is 3.41. The highest BCUT2D eigenvalue weighted by molar-refractivity contribution is 6.31. The van der Waals surface area contributed by atoms with Gasteiger partial charge in [-0.2, -0.15) is 10.4 Å². The number of Topliss-reactive ketones (excluding diaryl/α,β-unsaturated/α-hetero) is 1. The van der Waals surface area contributed by atoms with E-state index in [1.165, 1.54) is 12.1 Å². The smallest absolute Gasteiger partial charge is 0.162 e. The highest BCUT2D eigenvalue weighted by Gasteiger charge is 2.48. The number of halogens is 2. The van der Waals surface area contributed by atoms with Crippen LogP contribution in [0.3, 0.4) is 0 Å². The SMILES string of the molecule is CCC(CC)c1cc(-c2ccc(F)c(Cl)c2)nn1C1(C#N)CC(=O)C1. The van der Waals surface area contributed by atoms with Crippen LogP contribution >= 0.6 is 11.6 Å². The molecule has 2 aromatic rings. The van der Waals surface area contributed by atoms with Gasteiger partial charge in [-0.15, -0.1) is 0 Å². The number of benzene rings is 1. The Morgan fingerprint density at radius 1 is 1.36 bits per heavy atom. The second kappa shape index (κ2) is 6.61. The molecular weight excluding hydrogens is 341 g/mol. The van der Waals surface area contributed by atoms with Gasteiger partial charge in [0.15, 0.2) is 5.54 Å². The normalized spacial score (nSPS) is 15.9. The summed E-state index contributed by atoms with van der Waals surface area (Å²) < 4.78 is 15.2. The second-order valence-electron chi connectivity index (χ2n) is 6.54. The van der Waals surface area contributed by atoms with Crippen LogP contribution in [-0.4, -0.2) is 15.6 Å². The van der Waals surface area contributed by atoms with Crippen molar-refractivity contribution in [3.8, 4) is 17.3 Å². The number of rotatable bonds is 5. The molecule has 1 aromatic carbocycles. The lowest BCUT2D eigenvalue weighted by Gasteiger charge is -2.36. The molecule has 1 heterocycles. The van der Waals surface area contributed by atoms with Gasteiger partial charge in [-0.05, 0) is 37.1 Å². The molecule has 0 N–H and O–H groups in total. The van der Waals surface area contributed by atoms with E-state index in [1.807, 2.05) is 6.07 Å². The van der Waals surface area contributed by atoms with Gasteiger partial charge in [-0.25, -0.2) is 9.07 Å². The molecular formula is C19H19ClFN3O. The van der Waals surface area contributed by atoms with Gasteiger partial charge >= 0.3 is 0 Å². The predicted molar refractivity (Wildman–Crippen MR) is 93.8 cm³/mol. The van der Waals surface area contributed by atoms with Crippen molar-refractivity contribution in [2.24, 2.45) is 0 Å². The van der Waals surface area contributed by atoms with Crippen LogP contribution in [0.1, 0.15) is 51.1 Å². The van der Waals surface area contributed by atoms with Crippen LogP contribution in [0.25, 0.3) is 11.3 Å². The van der Waals surface area contributed by atoms with E-state index in [0.29, 0.717) is 11.3 Å². The van der Waals surface area contributed by atoms with Crippen LogP contribution in [0.2, 0.25) is 5.02 Å². The maximum absolute atomic E-state index is 13.4. The van der Waals surface area contributed by atoms with Crippen molar-refractivity contribution in [3.63, 3.8) is 0 Å². The van der Waals surface area contributed by atoms with Gasteiger partial charge in [0.2, 0.25) is 0 Å². The zero-order valence-corrected chi connectivity index (χ0v) is 15.0. The molecule has 130 valence electrons. The standard InChI is InChI=1S/C19H19ClFN3O/c1-3-12(4-2)18-8-17(13-5-6-16(21)15(20)7-13)23-24(18)19(11-22)9-14(25)10-19/h5-8,12H,3-4,9-10H2,1-2H3. The number of hydrogen-bond acceptors (Lipinski definition) is 3. The van der Waals surface area contributed by atoms with Crippen molar-refractivity contribution in [3.05, 3.63) is 40.8 Å². The third-order valence-corrected chi connectivity index (χ3v) is 5.24. The summed E-state index contributed by atoms with van der Waals surface area (Å²) in [4.78, 5) is 11.6. The van der Waals surface area contributed by atoms with E-state index in [0.717, 1.165) is 18.5 Å². The second-order valence-corrected chi connectivity index (χ2v) is 6.95. The van der Waals surface area contributed by atoms with Crippen LogP contribution in [0.4, 0.5) is 4.39 Å². The van der Waals surface area contributed by atoms with Crippen molar-refractivity contribution in [1.29, 1.82) is 5.26 Å². The molecule has 0 spiro atoms. The first-order valence-corrected chi connectivity index (χ1v) is 8.80. The highest BCUT2D eigenvalue weighted by atomic mass is 35.5.